The fourth-order valence-electron chi connectivity index (χ4n) is 1.86. The van der Waals surface area contributed by atoms with Crippen molar-refractivity contribution < 1.29 is 9.53 Å². The molecule has 0 spiro atoms. The first-order chi connectivity index (χ1) is 10.2. The lowest BCUT2D eigenvalue weighted by Gasteiger charge is -2.01. The van der Waals surface area contributed by atoms with Crippen molar-refractivity contribution >= 4 is 55.2 Å². The van der Waals surface area contributed by atoms with E-state index in [0.29, 0.717) is 10.7 Å². The number of hydrogen-bond donors (Lipinski definition) is 1. The second-order valence-corrected chi connectivity index (χ2v) is 6.59. The quantitative estimate of drug-likeness (QED) is 0.660. The van der Waals surface area contributed by atoms with E-state index in [0.717, 1.165) is 19.5 Å². The molecule has 0 aliphatic heterocycles. The number of carbonyl (C=O) groups is 1. The Hall–Kier alpha value is -1.67. The van der Waals surface area contributed by atoms with Gasteiger partial charge in [0.2, 0.25) is 0 Å². The number of amides is 1. The summed E-state index contributed by atoms with van der Waals surface area (Å²) in [6.07, 6.45) is 0. The Morgan fingerprint density at radius 1 is 1.24 bits per heavy atom. The van der Waals surface area contributed by atoms with Gasteiger partial charge in [0.05, 0.1) is 17.3 Å². The zero-order chi connectivity index (χ0) is 14.8. The number of anilines is 1. The summed E-state index contributed by atoms with van der Waals surface area (Å²) in [5, 5.41) is 3.41. The molecule has 0 saturated heterocycles. The molecule has 0 radical (unpaired) electrons. The number of ether oxygens (including phenoxy) is 1. The zero-order valence-electron chi connectivity index (χ0n) is 11.1. The topological polar surface area (TPSA) is 51.2 Å². The lowest BCUT2D eigenvalue weighted by Crippen LogP contribution is -2.11. The highest BCUT2D eigenvalue weighted by molar-refractivity contribution is 14.1. The molecule has 3 rings (SSSR count). The fourth-order valence-corrected chi connectivity index (χ4v) is 3.10. The number of carbonyl (C=O) groups excluding carboxylic acids is 1. The summed E-state index contributed by atoms with van der Waals surface area (Å²) in [4.78, 5) is 16.6. The summed E-state index contributed by atoms with van der Waals surface area (Å²) in [6.45, 7) is 0. The van der Waals surface area contributed by atoms with Crippen molar-refractivity contribution in [2.24, 2.45) is 0 Å². The highest BCUT2D eigenvalue weighted by atomic mass is 127. The molecule has 6 heteroatoms. The van der Waals surface area contributed by atoms with Crippen LogP contribution in [0.3, 0.4) is 0 Å². The molecular weight excluding hydrogens is 399 g/mol. The second kappa shape index (κ2) is 5.98. The molecule has 0 aliphatic rings. The number of fused-ring (bicyclic) bond motifs is 1. The molecule has 1 heterocycles. The Balaban J connectivity index is 1.84. The lowest BCUT2D eigenvalue weighted by atomic mass is 10.2. The van der Waals surface area contributed by atoms with Crippen molar-refractivity contribution in [1.29, 1.82) is 0 Å². The van der Waals surface area contributed by atoms with Gasteiger partial charge in [-0.25, -0.2) is 4.98 Å². The predicted octanol–water partition coefficient (Wildman–Crippen LogP) is 4.16. The molecule has 0 aliphatic carbocycles. The first-order valence-electron chi connectivity index (χ1n) is 6.17. The molecule has 1 amide bonds. The van der Waals surface area contributed by atoms with Gasteiger partial charge in [-0.05, 0) is 65.1 Å². The Labute approximate surface area is 139 Å². The van der Waals surface area contributed by atoms with Crippen LogP contribution in [-0.2, 0) is 0 Å². The van der Waals surface area contributed by atoms with E-state index < -0.39 is 0 Å². The van der Waals surface area contributed by atoms with Crippen LogP contribution in [0.25, 0.3) is 10.2 Å². The van der Waals surface area contributed by atoms with Gasteiger partial charge in [0.1, 0.15) is 5.75 Å². The molecule has 0 saturated carbocycles. The molecule has 0 fully saturated rings. The van der Waals surface area contributed by atoms with Crippen LogP contribution in [0.1, 0.15) is 10.4 Å². The third-order valence-corrected chi connectivity index (χ3v) is 4.58. The summed E-state index contributed by atoms with van der Waals surface area (Å²) in [6, 6.07) is 13.0. The normalized spacial score (nSPS) is 10.6. The van der Waals surface area contributed by atoms with E-state index in [4.69, 9.17) is 4.74 Å². The third-order valence-electron chi connectivity index (χ3n) is 2.92. The van der Waals surface area contributed by atoms with Gasteiger partial charge in [-0.15, -0.1) is 0 Å². The Kier molecular flexibility index (Phi) is 4.07. The highest BCUT2D eigenvalue weighted by Gasteiger charge is 2.10. The fraction of sp³-hybridized carbons (Fsp3) is 0.0667. The van der Waals surface area contributed by atoms with Crippen molar-refractivity contribution in [3.05, 3.63) is 51.6 Å². The van der Waals surface area contributed by atoms with Crippen LogP contribution in [-0.4, -0.2) is 18.0 Å². The lowest BCUT2D eigenvalue weighted by molar-refractivity contribution is 0.102. The predicted molar refractivity (Wildman–Crippen MR) is 93.3 cm³/mol. The van der Waals surface area contributed by atoms with Crippen molar-refractivity contribution in [1.82, 2.24) is 4.98 Å². The number of benzene rings is 2. The van der Waals surface area contributed by atoms with Crippen molar-refractivity contribution in [3.8, 4) is 5.75 Å². The van der Waals surface area contributed by atoms with Gasteiger partial charge in [-0.2, -0.15) is 0 Å². The zero-order valence-corrected chi connectivity index (χ0v) is 14.1. The summed E-state index contributed by atoms with van der Waals surface area (Å²) in [5.41, 5.74) is 1.46. The van der Waals surface area contributed by atoms with Gasteiger partial charge in [0, 0.05) is 9.13 Å². The summed E-state index contributed by atoms with van der Waals surface area (Å²) >= 11 is 3.63. The smallest absolute Gasteiger partial charge is 0.257 e. The van der Waals surface area contributed by atoms with Gasteiger partial charge >= 0.3 is 0 Å². The molecule has 4 nitrogen and oxygen atoms in total. The molecule has 1 aromatic heterocycles. The van der Waals surface area contributed by atoms with E-state index in [2.05, 4.69) is 32.9 Å². The van der Waals surface area contributed by atoms with Gasteiger partial charge < -0.3 is 4.74 Å². The van der Waals surface area contributed by atoms with E-state index in [1.54, 1.807) is 19.2 Å². The Morgan fingerprint density at radius 3 is 2.71 bits per heavy atom. The number of rotatable bonds is 3. The van der Waals surface area contributed by atoms with Gasteiger partial charge in [0.25, 0.3) is 5.91 Å². The molecular formula is C15H11IN2O2S. The Morgan fingerprint density at radius 2 is 2.00 bits per heavy atom. The standard InChI is InChI=1S/C15H11IN2O2S/c1-20-11-6-7-12-13(8-11)21-15(17-12)18-14(19)9-2-4-10(16)5-3-9/h2-8H,1H3,(H,17,18,19). The first kappa shape index (κ1) is 14.3. The van der Waals surface area contributed by atoms with Crippen LogP contribution in [0.15, 0.2) is 42.5 Å². The van der Waals surface area contributed by atoms with E-state index in [1.807, 2.05) is 30.3 Å². The summed E-state index contributed by atoms with van der Waals surface area (Å²) < 4.78 is 7.26. The van der Waals surface area contributed by atoms with Crippen LogP contribution in [0.4, 0.5) is 5.13 Å². The van der Waals surface area contributed by atoms with E-state index in [1.165, 1.54) is 11.3 Å². The molecule has 2 aromatic carbocycles. The molecule has 3 aromatic rings. The monoisotopic (exact) mass is 410 g/mol. The summed E-state index contributed by atoms with van der Waals surface area (Å²) in [5.74, 6) is 0.624. The van der Waals surface area contributed by atoms with Crippen LogP contribution in [0.2, 0.25) is 0 Å². The second-order valence-electron chi connectivity index (χ2n) is 4.31. The number of methoxy groups -OCH3 is 1. The minimum Gasteiger partial charge on any atom is -0.497 e. The van der Waals surface area contributed by atoms with Crippen LogP contribution in [0.5, 0.6) is 5.75 Å². The average Bonchev–Trinajstić information content (AvgIpc) is 2.88. The third kappa shape index (κ3) is 3.16. The number of nitrogens with one attached hydrogen (secondary N) is 1. The maximum Gasteiger partial charge on any atom is 0.257 e. The minimum atomic E-state index is -0.155. The molecule has 0 unspecified atom stereocenters. The number of halogens is 1. The maximum absolute atomic E-state index is 12.2. The average molecular weight is 410 g/mol. The number of nitrogens with zero attached hydrogens (tertiary/aromatic N) is 1. The SMILES string of the molecule is COc1ccc2nc(NC(=O)c3ccc(I)cc3)sc2c1. The van der Waals surface area contributed by atoms with Crippen LogP contribution < -0.4 is 10.1 Å². The van der Waals surface area contributed by atoms with Crippen LogP contribution >= 0.6 is 33.9 Å². The van der Waals surface area contributed by atoms with Crippen molar-refractivity contribution in [2.75, 3.05) is 12.4 Å². The van der Waals surface area contributed by atoms with Gasteiger partial charge in [0.15, 0.2) is 5.13 Å². The number of thiazole rings is 1. The van der Waals surface area contributed by atoms with Gasteiger partial charge in [-0.3, -0.25) is 10.1 Å². The summed E-state index contributed by atoms with van der Waals surface area (Å²) in [7, 11) is 1.63. The molecule has 106 valence electrons. The highest BCUT2D eigenvalue weighted by Crippen LogP contribution is 2.29. The molecule has 0 bridgehead atoms. The minimum absolute atomic E-state index is 0.155. The molecule has 1 N–H and O–H groups in total. The largest absolute Gasteiger partial charge is 0.497 e. The van der Waals surface area contributed by atoms with Crippen molar-refractivity contribution in [2.45, 2.75) is 0 Å². The van der Waals surface area contributed by atoms with E-state index in [9.17, 15) is 4.79 Å². The van der Waals surface area contributed by atoms with E-state index >= 15 is 0 Å². The van der Waals surface area contributed by atoms with E-state index in [-0.39, 0.29) is 5.91 Å². The van der Waals surface area contributed by atoms with Crippen molar-refractivity contribution in [3.63, 3.8) is 0 Å². The number of aromatic nitrogens is 1. The first-order valence-corrected chi connectivity index (χ1v) is 8.07. The van der Waals surface area contributed by atoms with Crippen LogP contribution in [0, 0.1) is 3.57 Å². The number of hydrogen-bond acceptors (Lipinski definition) is 4. The van der Waals surface area contributed by atoms with Gasteiger partial charge in [-0.1, -0.05) is 11.3 Å². The Bertz CT molecular complexity index is 799. The maximum atomic E-state index is 12.2. The molecule has 21 heavy (non-hydrogen) atoms. The molecule has 0 atom stereocenters.